The van der Waals surface area contributed by atoms with Gasteiger partial charge in [0.25, 0.3) is 0 Å². The van der Waals surface area contributed by atoms with Crippen LogP contribution in [0, 0.1) is 52.3 Å². The van der Waals surface area contributed by atoms with Crippen molar-refractivity contribution in [3.05, 3.63) is 0 Å². The minimum absolute atomic E-state index is 0.213. The predicted molar refractivity (Wildman–Crippen MR) is 130 cm³/mol. The number of aliphatic hydroxyl groups is 1. The van der Waals surface area contributed by atoms with Crippen LogP contribution in [0.15, 0.2) is 0 Å². The van der Waals surface area contributed by atoms with E-state index in [1.54, 1.807) is 0 Å². The Labute approximate surface area is 197 Å². The number of esters is 1. The van der Waals surface area contributed by atoms with Crippen molar-refractivity contribution in [2.45, 2.75) is 124 Å². The maximum Gasteiger partial charge on any atom is 0.303 e. The lowest BCUT2D eigenvalue weighted by Crippen LogP contribution is -2.59. The zero-order chi connectivity index (χ0) is 23.3. The molecule has 1 N–H and O–H groups in total. The molecular weight excluding hydrogens is 396 g/mol. The van der Waals surface area contributed by atoms with E-state index in [9.17, 15) is 9.90 Å². The van der Waals surface area contributed by atoms with E-state index in [1.807, 2.05) is 0 Å². The van der Waals surface area contributed by atoms with Gasteiger partial charge >= 0.3 is 5.97 Å². The molecule has 0 aliphatic heterocycles. The van der Waals surface area contributed by atoms with Gasteiger partial charge in [-0.2, -0.15) is 0 Å². The lowest BCUT2D eigenvalue weighted by molar-refractivity contribution is -0.196. The Balaban J connectivity index is 1.49. The summed E-state index contributed by atoms with van der Waals surface area (Å²) in [6, 6.07) is 0. The third-order valence-corrected chi connectivity index (χ3v) is 11.2. The van der Waals surface area contributed by atoms with E-state index in [0.29, 0.717) is 11.3 Å². The standard InChI is InChI=1S/C29H50O3/c1-18(2)8-7-9-19(3)22-12-13-23-21-10-11-25-27(32-20(4)30)26(31)15-17-29(25,6)24(21)14-16-28(22,23)5/h18-19,21-27,31H,7-17H2,1-6H3/t19-,21+,22-,23+,24+,25+,26-,27-,28-,29-/m1/s1. The first-order chi connectivity index (χ1) is 15.1. The molecule has 0 aromatic carbocycles. The number of fused-ring (bicyclic) bond motifs is 5. The molecule has 3 nitrogen and oxygen atoms in total. The summed E-state index contributed by atoms with van der Waals surface area (Å²) in [6.07, 6.45) is 13.2. The Morgan fingerprint density at radius 2 is 1.56 bits per heavy atom. The summed E-state index contributed by atoms with van der Waals surface area (Å²) in [4.78, 5) is 11.8. The number of aliphatic hydroxyl groups excluding tert-OH is 1. The Morgan fingerprint density at radius 1 is 0.906 bits per heavy atom. The molecule has 4 aliphatic rings. The van der Waals surface area contributed by atoms with Crippen molar-refractivity contribution < 1.29 is 14.6 Å². The van der Waals surface area contributed by atoms with Gasteiger partial charge in [-0.05, 0) is 97.7 Å². The summed E-state index contributed by atoms with van der Waals surface area (Å²) >= 11 is 0. The fraction of sp³-hybridized carbons (Fsp3) is 0.966. The van der Waals surface area contributed by atoms with Crippen molar-refractivity contribution in [3.63, 3.8) is 0 Å². The fourth-order valence-corrected chi connectivity index (χ4v) is 9.66. The molecule has 0 bridgehead atoms. The van der Waals surface area contributed by atoms with Crippen molar-refractivity contribution in [1.29, 1.82) is 0 Å². The van der Waals surface area contributed by atoms with Crippen LogP contribution in [0.1, 0.15) is 112 Å². The van der Waals surface area contributed by atoms with Crippen molar-refractivity contribution in [3.8, 4) is 0 Å². The van der Waals surface area contributed by atoms with Gasteiger partial charge in [0.2, 0.25) is 0 Å². The average molecular weight is 447 g/mol. The largest absolute Gasteiger partial charge is 0.459 e. The maximum atomic E-state index is 11.8. The summed E-state index contributed by atoms with van der Waals surface area (Å²) in [7, 11) is 0. The first-order valence-electron chi connectivity index (χ1n) is 13.9. The molecule has 184 valence electrons. The highest BCUT2D eigenvalue weighted by Crippen LogP contribution is 2.68. The summed E-state index contributed by atoms with van der Waals surface area (Å²) in [5.41, 5.74) is 0.732. The molecule has 10 atom stereocenters. The van der Waals surface area contributed by atoms with Crippen LogP contribution < -0.4 is 0 Å². The molecule has 0 aromatic rings. The molecular formula is C29H50O3. The van der Waals surface area contributed by atoms with E-state index in [2.05, 4.69) is 34.6 Å². The van der Waals surface area contributed by atoms with Crippen LogP contribution in [-0.4, -0.2) is 23.3 Å². The molecule has 4 rings (SSSR count). The van der Waals surface area contributed by atoms with Gasteiger partial charge in [-0.3, -0.25) is 4.79 Å². The third-order valence-electron chi connectivity index (χ3n) is 11.2. The van der Waals surface area contributed by atoms with Gasteiger partial charge in [0.15, 0.2) is 0 Å². The number of hydrogen-bond donors (Lipinski definition) is 1. The molecule has 32 heavy (non-hydrogen) atoms. The Morgan fingerprint density at radius 3 is 2.25 bits per heavy atom. The van der Waals surface area contributed by atoms with E-state index in [0.717, 1.165) is 54.8 Å². The molecule has 0 amide bonds. The van der Waals surface area contributed by atoms with Gasteiger partial charge in [-0.25, -0.2) is 0 Å². The van der Waals surface area contributed by atoms with Crippen LogP contribution in [0.5, 0.6) is 0 Å². The maximum absolute atomic E-state index is 11.8. The smallest absolute Gasteiger partial charge is 0.303 e. The summed E-state index contributed by atoms with van der Waals surface area (Å²) in [6.45, 7) is 13.9. The van der Waals surface area contributed by atoms with Crippen LogP contribution in [0.2, 0.25) is 0 Å². The quantitative estimate of drug-likeness (QED) is 0.446. The minimum atomic E-state index is -0.482. The topological polar surface area (TPSA) is 46.5 Å². The van der Waals surface area contributed by atoms with Crippen molar-refractivity contribution in [2.24, 2.45) is 52.3 Å². The van der Waals surface area contributed by atoms with Crippen molar-refractivity contribution in [2.75, 3.05) is 0 Å². The fourth-order valence-electron chi connectivity index (χ4n) is 9.66. The Hall–Kier alpha value is -0.570. The number of hydrogen-bond acceptors (Lipinski definition) is 3. The van der Waals surface area contributed by atoms with Gasteiger partial charge < -0.3 is 9.84 Å². The second-order valence-electron chi connectivity index (χ2n) is 13.3. The molecule has 4 fully saturated rings. The van der Waals surface area contributed by atoms with Gasteiger partial charge in [-0.15, -0.1) is 0 Å². The van der Waals surface area contributed by atoms with Crippen LogP contribution in [-0.2, 0) is 9.53 Å². The molecule has 0 aromatic heterocycles. The molecule has 0 radical (unpaired) electrons. The second-order valence-corrected chi connectivity index (χ2v) is 13.3. The first kappa shape index (κ1) is 24.6. The van der Waals surface area contributed by atoms with E-state index in [1.165, 1.54) is 58.3 Å². The second kappa shape index (κ2) is 9.23. The predicted octanol–water partition coefficient (Wildman–Crippen LogP) is 7.01. The number of ether oxygens (including phenoxy) is 1. The number of carbonyl (C=O) groups is 1. The molecule has 0 saturated heterocycles. The number of rotatable bonds is 6. The molecule has 4 aliphatic carbocycles. The summed E-state index contributed by atoms with van der Waals surface area (Å²) < 4.78 is 5.74. The van der Waals surface area contributed by atoms with E-state index < -0.39 is 6.10 Å². The highest BCUT2D eigenvalue weighted by atomic mass is 16.6. The molecule has 0 spiro atoms. The van der Waals surface area contributed by atoms with E-state index >= 15 is 0 Å². The summed E-state index contributed by atoms with van der Waals surface area (Å²) in [5, 5.41) is 10.7. The third kappa shape index (κ3) is 4.18. The lowest BCUT2D eigenvalue weighted by Gasteiger charge is -2.62. The van der Waals surface area contributed by atoms with Crippen LogP contribution in [0.4, 0.5) is 0 Å². The van der Waals surface area contributed by atoms with Gasteiger partial charge in [0.05, 0.1) is 6.10 Å². The molecule has 0 heterocycles. The van der Waals surface area contributed by atoms with Crippen LogP contribution >= 0.6 is 0 Å². The highest BCUT2D eigenvalue weighted by molar-refractivity contribution is 5.66. The SMILES string of the molecule is CC(=O)O[C@H]1[C@H](O)CC[C@]2(C)[C@H]3CC[C@]4(C)[C@@H]([C@H](C)CCCC(C)C)CC[C@H]4[C@@H]3CC[C@@H]12. The number of carbonyl (C=O) groups excluding carboxylic acids is 1. The van der Waals surface area contributed by atoms with Crippen LogP contribution in [0.3, 0.4) is 0 Å². The Kier molecular flexibility index (Phi) is 7.08. The van der Waals surface area contributed by atoms with Crippen molar-refractivity contribution in [1.82, 2.24) is 0 Å². The zero-order valence-corrected chi connectivity index (χ0v) is 21.7. The minimum Gasteiger partial charge on any atom is -0.459 e. The average Bonchev–Trinajstić information content (AvgIpc) is 3.07. The van der Waals surface area contributed by atoms with E-state index in [-0.39, 0.29) is 17.5 Å². The van der Waals surface area contributed by atoms with Crippen molar-refractivity contribution >= 4 is 5.97 Å². The van der Waals surface area contributed by atoms with Gasteiger partial charge in [0, 0.05) is 12.8 Å². The van der Waals surface area contributed by atoms with Crippen LogP contribution in [0.25, 0.3) is 0 Å². The van der Waals surface area contributed by atoms with Gasteiger partial charge in [-0.1, -0.05) is 53.9 Å². The molecule has 4 saturated carbocycles. The van der Waals surface area contributed by atoms with E-state index in [4.69, 9.17) is 4.74 Å². The molecule has 0 unspecified atom stereocenters. The normalized spacial score (nSPS) is 46.8. The molecule has 3 heteroatoms. The monoisotopic (exact) mass is 446 g/mol. The summed E-state index contributed by atoms with van der Waals surface area (Å²) in [5.74, 6) is 5.10. The lowest BCUT2D eigenvalue weighted by atomic mass is 9.44. The Bertz CT molecular complexity index is 673. The highest BCUT2D eigenvalue weighted by Gasteiger charge is 2.62. The van der Waals surface area contributed by atoms with Gasteiger partial charge in [0.1, 0.15) is 6.10 Å². The first-order valence-corrected chi connectivity index (χ1v) is 13.9. The zero-order valence-electron chi connectivity index (χ0n) is 21.7.